The molecule has 1 amide bonds. The lowest BCUT2D eigenvalue weighted by Crippen LogP contribution is -2.47. The van der Waals surface area contributed by atoms with Crippen LogP contribution in [-0.2, 0) is 14.3 Å². The van der Waals surface area contributed by atoms with Gasteiger partial charge in [0, 0.05) is 0 Å². The maximum Gasteiger partial charge on any atom is 0.306 e. The molecule has 0 radical (unpaired) electrons. The van der Waals surface area contributed by atoms with Gasteiger partial charge in [0.15, 0.2) is 6.61 Å². The first-order chi connectivity index (χ1) is 12.4. The average Bonchev–Trinajstić information content (AvgIpc) is 2.54. The normalized spacial score (nSPS) is 31.7. The Morgan fingerprint density at radius 2 is 1.77 bits per heavy atom. The second-order valence-corrected chi connectivity index (χ2v) is 8.83. The van der Waals surface area contributed by atoms with Gasteiger partial charge in [-0.1, -0.05) is 11.6 Å². The summed E-state index contributed by atoms with van der Waals surface area (Å²) in [6.45, 7) is -0.348. The molecule has 0 spiro atoms. The summed E-state index contributed by atoms with van der Waals surface area (Å²) >= 11 is 5.88. The van der Waals surface area contributed by atoms with Gasteiger partial charge in [-0.05, 0) is 79.9 Å². The van der Waals surface area contributed by atoms with Gasteiger partial charge in [-0.2, -0.15) is 0 Å². The van der Waals surface area contributed by atoms with Gasteiger partial charge >= 0.3 is 5.97 Å². The Morgan fingerprint density at radius 1 is 1.15 bits per heavy atom. The first kappa shape index (κ1) is 17.8. The number of carbonyl (C=O) groups excluding carboxylic acids is 2. The van der Waals surface area contributed by atoms with Gasteiger partial charge in [0.2, 0.25) is 0 Å². The molecule has 4 bridgehead atoms. The summed E-state index contributed by atoms with van der Waals surface area (Å²) in [6.07, 6.45) is 7.79. The second kappa shape index (κ2) is 6.84. The van der Waals surface area contributed by atoms with Crippen molar-refractivity contribution in [2.45, 2.75) is 44.9 Å². The van der Waals surface area contributed by atoms with Crippen LogP contribution in [0.15, 0.2) is 18.2 Å². The maximum absolute atomic E-state index is 13.0. The minimum Gasteiger partial charge on any atom is -0.456 e. The summed E-state index contributed by atoms with van der Waals surface area (Å²) < 4.78 is 18.2. The van der Waals surface area contributed by atoms with E-state index in [1.807, 2.05) is 0 Å². The zero-order valence-electron chi connectivity index (χ0n) is 14.6. The van der Waals surface area contributed by atoms with Gasteiger partial charge in [-0.25, -0.2) is 4.39 Å². The number of halogens is 2. The first-order valence-corrected chi connectivity index (χ1v) is 9.69. The Kier molecular flexibility index (Phi) is 4.68. The van der Waals surface area contributed by atoms with E-state index in [9.17, 15) is 14.0 Å². The molecule has 4 fully saturated rings. The summed E-state index contributed by atoms with van der Waals surface area (Å²) in [5.74, 6) is 1.08. The highest BCUT2D eigenvalue weighted by Crippen LogP contribution is 2.61. The van der Waals surface area contributed by atoms with Crippen molar-refractivity contribution in [2.24, 2.45) is 23.2 Å². The summed E-state index contributed by atoms with van der Waals surface area (Å²) in [4.78, 5) is 24.3. The second-order valence-electron chi connectivity index (χ2n) is 8.43. The Labute approximate surface area is 157 Å². The number of nitrogens with one attached hydrogen (secondary N) is 1. The first-order valence-electron chi connectivity index (χ1n) is 9.31. The topological polar surface area (TPSA) is 55.4 Å². The fourth-order valence-electron chi connectivity index (χ4n) is 5.79. The summed E-state index contributed by atoms with van der Waals surface area (Å²) in [7, 11) is 0. The molecule has 0 heterocycles. The smallest absolute Gasteiger partial charge is 0.306 e. The molecule has 0 unspecified atom stereocenters. The molecule has 6 heteroatoms. The Balaban J connectivity index is 1.28. The third-order valence-corrected chi connectivity index (χ3v) is 6.57. The molecule has 0 aromatic heterocycles. The fourth-order valence-corrected chi connectivity index (χ4v) is 6.00. The van der Waals surface area contributed by atoms with Crippen molar-refractivity contribution >= 4 is 29.2 Å². The molecular formula is C20H23ClFNO3. The molecule has 140 valence electrons. The molecule has 0 atom stereocenters. The molecule has 1 aromatic carbocycles. The van der Waals surface area contributed by atoms with Crippen molar-refractivity contribution in [3.8, 4) is 0 Å². The number of amides is 1. The van der Waals surface area contributed by atoms with Crippen molar-refractivity contribution in [1.82, 2.24) is 0 Å². The highest BCUT2D eigenvalue weighted by molar-refractivity contribution is 6.33. The van der Waals surface area contributed by atoms with Crippen LogP contribution in [0, 0.1) is 29.0 Å². The van der Waals surface area contributed by atoms with Crippen LogP contribution in [0.2, 0.25) is 5.02 Å². The van der Waals surface area contributed by atoms with Crippen molar-refractivity contribution in [3.63, 3.8) is 0 Å². The SMILES string of the molecule is O=C(COC(=O)CC12CC3CC(CC(C3)C1)C2)Nc1ccc(F)cc1Cl. The minimum atomic E-state index is -0.477. The van der Waals surface area contributed by atoms with Gasteiger partial charge in [0.05, 0.1) is 17.1 Å². The largest absolute Gasteiger partial charge is 0.456 e. The summed E-state index contributed by atoms with van der Waals surface area (Å²) in [6, 6.07) is 3.71. The zero-order chi connectivity index (χ0) is 18.3. The quantitative estimate of drug-likeness (QED) is 0.762. The maximum atomic E-state index is 13.0. The zero-order valence-corrected chi connectivity index (χ0v) is 15.4. The molecule has 0 saturated heterocycles. The third kappa shape index (κ3) is 3.73. The third-order valence-electron chi connectivity index (χ3n) is 6.25. The lowest BCUT2D eigenvalue weighted by atomic mass is 9.49. The molecule has 1 aromatic rings. The predicted molar refractivity (Wildman–Crippen MR) is 96.2 cm³/mol. The highest BCUT2D eigenvalue weighted by Gasteiger charge is 2.51. The molecule has 26 heavy (non-hydrogen) atoms. The van der Waals surface area contributed by atoms with Gasteiger partial charge in [-0.3, -0.25) is 9.59 Å². The fraction of sp³-hybridized carbons (Fsp3) is 0.600. The van der Waals surface area contributed by atoms with E-state index in [2.05, 4.69) is 5.32 Å². The van der Waals surface area contributed by atoms with E-state index < -0.39 is 11.7 Å². The Bertz CT molecular complexity index is 700. The van der Waals surface area contributed by atoms with Crippen LogP contribution in [0.4, 0.5) is 10.1 Å². The molecule has 4 saturated carbocycles. The van der Waals surface area contributed by atoms with Gasteiger partial charge in [-0.15, -0.1) is 0 Å². The van der Waals surface area contributed by atoms with E-state index >= 15 is 0 Å². The Hall–Kier alpha value is -1.62. The highest BCUT2D eigenvalue weighted by atomic mass is 35.5. The van der Waals surface area contributed by atoms with E-state index in [1.54, 1.807) is 0 Å². The number of hydrogen-bond donors (Lipinski definition) is 1. The van der Waals surface area contributed by atoms with Crippen molar-refractivity contribution in [1.29, 1.82) is 0 Å². The number of anilines is 1. The molecule has 5 rings (SSSR count). The van der Waals surface area contributed by atoms with Crippen molar-refractivity contribution < 1.29 is 18.7 Å². The summed E-state index contributed by atoms with van der Waals surface area (Å²) in [5.41, 5.74) is 0.401. The van der Waals surface area contributed by atoms with E-state index in [4.69, 9.17) is 16.3 Å². The van der Waals surface area contributed by atoms with Crippen LogP contribution >= 0.6 is 11.6 Å². The molecule has 4 aliphatic carbocycles. The number of carbonyl (C=O) groups is 2. The van der Waals surface area contributed by atoms with Crippen LogP contribution < -0.4 is 5.32 Å². The lowest BCUT2D eigenvalue weighted by Gasteiger charge is -2.56. The lowest BCUT2D eigenvalue weighted by molar-refractivity contribution is -0.154. The van der Waals surface area contributed by atoms with Crippen LogP contribution in [0.25, 0.3) is 0 Å². The summed E-state index contributed by atoms with van der Waals surface area (Å²) in [5, 5.41) is 2.65. The van der Waals surface area contributed by atoms with Gasteiger partial charge in [0.25, 0.3) is 5.91 Å². The van der Waals surface area contributed by atoms with Crippen molar-refractivity contribution in [2.75, 3.05) is 11.9 Å². The number of benzene rings is 1. The number of hydrogen-bond acceptors (Lipinski definition) is 3. The van der Waals surface area contributed by atoms with E-state index in [0.29, 0.717) is 12.1 Å². The number of ether oxygens (including phenoxy) is 1. The molecule has 1 N–H and O–H groups in total. The molecular weight excluding hydrogens is 357 g/mol. The van der Waals surface area contributed by atoms with Gasteiger partial charge in [0.1, 0.15) is 5.82 Å². The van der Waals surface area contributed by atoms with E-state index in [0.717, 1.165) is 43.1 Å². The van der Waals surface area contributed by atoms with E-state index in [-0.39, 0.29) is 23.0 Å². The minimum absolute atomic E-state index is 0.0998. The average molecular weight is 380 g/mol. The molecule has 4 aliphatic rings. The van der Waals surface area contributed by atoms with Crippen LogP contribution in [-0.4, -0.2) is 18.5 Å². The number of rotatable bonds is 5. The van der Waals surface area contributed by atoms with Crippen molar-refractivity contribution in [3.05, 3.63) is 29.0 Å². The van der Waals surface area contributed by atoms with Crippen LogP contribution in [0.5, 0.6) is 0 Å². The predicted octanol–water partition coefficient (Wildman–Crippen LogP) is 4.57. The Morgan fingerprint density at radius 3 is 2.35 bits per heavy atom. The van der Waals surface area contributed by atoms with Crippen LogP contribution in [0.3, 0.4) is 0 Å². The standard InChI is InChI=1S/C20H23ClFNO3/c21-16-6-15(22)1-2-17(16)23-18(24)11-26-19(25)10-20-7-12-3-13(8-20)5-14(4-12)9-20/h1-2,6,12-14H,3-5,7-11H2,(H,23,24). The number of esters is 1. The molecule has 0 aliphatic heterocycles. The van der Waals surface area contributed by atoms with Gasteiger partial charge < -0.3 is 10.1 Å². The molecule has 4 nitrogen and oxygen atoms in total. The monoisotopic (exact) mass is 379 g/mol. The van der Waals surface area contributed by atoms with Crippen LogP contribution in [0.1, 0.15) is 44.9 Å². The van der Waals surface area contributed by atoms with E-state index in [1.165, 1.54) is 31.4 Å².